The van der Waals surface area contributed by atoms with Crippen molar-refractivity contribution >= 4 is 22.9 Å². The van der Waals surface area contributed by atoms with Crippen molar-refractivity contribution in [2.24, 2.45) is 0 Å². The number of aromatic nitrogens is 1. The maximum Gasteiger partial charge on any atom is 0.307 e. The first-order chi connectivity index (χ1) is 6.34. The third-order valence-corrected chi connectivity index (χ3v) is 2.89. The van der Waals surface area contributed by atoms with E-state index < -0.39 is 0 Å². The lowest BCUT2D eigenvalue weighted by molar-refractivity contribution is 0.578. The molecular formula is C9H14ClNOS. The van der Waals surface area contributed by atoms with Crippen LogP contribution in [0.3, 0.4) is 0 Å². The molecule has 4 heteroatoms. The molecule has 0 N–H and O–H groups in total. The van der Waals surface area contributed by atoms with Gasteiger partial charge in [-0.1, -0.05) is 24.2 Å². The minimum Gasteiger partial charge on any atom is -0.306 e. The monoisotopic (exact) mass is 219 g/mol. The van der Waals surface area contributed by atoms with E-state index in [1.54, 1.807) is 4.57 Å². The summed E-state index contributed by atoms with van der Waals surface area (Å²) in [6.45, 7) is 0.852. The van der Waals surface area contributed by atoms with Crippen LogP contribution in [-0.4, -0.2) is 10.4 Å². The summed E-state index contributed by atoms with van der Waals surface area (Å²) in [4.78, 5) is 11.2. The Morgan fingerprint density at radius 3 is 2.69 bits per heavy atom. The molecule has 0 aliphatic heterocycles. The third kappa shape index (κ3) is 3.96. The van der Waals surface area contributed by atoms with Crippen LogP contribution in [0.15, 0.2) is 16.4 Å². The number of nitrogens with zero attached hydrogens (tertiary/aromatic N) is 1. The molecule has 0 aliphatic carbocycles. The lowest BCUT2D eigenvalue weighted by Crippen LogP contribution is -2.11. The quantitative estimate of drug-likeness (QED) is 0.533. The Morgan fingerprint density at radius 1 is 1.31 bits per heavy atom. The van der Waals surface area contributed by atoms with Crippen molar-refractivity contribution in [3.63, 3.8) is 0 Å². The molecule has 0 atom stereocenters. The first-order valence-electron chi connectivity index (χ1n) is 4.54. The minimum absolute atomic E-state index is 0.150. The van der Waals surface area contributed by atoms with Crippen molar-refractivity contribution in [2.45, 2.75) is 32.2 Å². The lowest BCUT2D eigenvalue weighted by atomic mass is 10.2. The van der Waals surface area contributed by atoms with Gasteiger partial charge in [-0.25, -0.2) is 0 Å². The van der Waals surface area contributed by atoms with Crippen LogP contribution in [0, 0.1) is 0 Å². The maximum atomic E-state index is 11.1. The second kappa shape index (κ2) is 6.22. The topological polar surface area (TPSA) is 22.0 Å². The molecule has 0 saturated heterocycles. The average molecular weight is 220 g/mol. The van der Waals surface area contributed by atoms with Gasteiger partial charge in [-0.3, -0.25) is 4.79 Å². The fourth-order valence-electron chi connectivity index (χ4n) is 1.19. The normalized spacial score (nSPS) is 10.5. The Balaban J connectivity index is 2.13. The van der Waals surface area contributed by atoms with Crippen molar-refractivity contribution in [1.82, 2.24) is 4.57 Å². The summed E-state index contributed by atoms with van der Waals surface area (Å²) in [6, 6.07) is 0. The van der Waals surface area contributed by atoms with Crippen LogP contribution >= 0.6 is 22.9 Å². The molecule has 2 nitrogen and oxygen atoms in total. The zero-order valence-electron chi connectivity index (χ0n) is 7.54. The van der Waals surface area contributed by atoms with Crippen molar-refractivity contribution in [3.05, 3.63) is 21.2 Å². The fourth-order valence-corrected chi connectivity index (χ4v) is 1.99. The highest BCUT2D eigenvalue weighted by Gasteiger charge is 1.95. The van der Waals surface area contributed by atoms with E-state index in [0.29, 0.717) is 0 Å². The van der Waals surface area contributed by atoms with E-state index in [9.17, 15) is 4.79 Å². The van der Waals surface area contributed by atoms with Gasteiger partial charge in [0.25, 0.3) is 0 Å². The number of alkyl halides is 1. The summed E-state index contributed by atoms with van der Waals surface area (Å²) < 4.78 is 1.77. The Labute approximate surface area is 87.2 Å². The van der Waals surface area contributed by atoms with Gasteiger partial charge in [0, 0.05) is 24.0 Å². The molecule has 0 unspecified atom stereocenters. The molecule has 1 rings (SSSR count). The largest absolute Gasteiger partial charge is 0.307 e. The van der Waals surface area contributed by atoms with Gasteiger partial charge in [-0.15, -0.1) is 11.6 Å². The summed E-state index contributed by atoms with van der Waals surface area (Å²) in [7, 11) is 0. The molecule has 0 bridgehead atoms. The first-order valence-corrected chi connectivity index (χ1v) is 5.96. The Bertz CT molecular complexity index is 281. The zero-order chi connectivity index (χ0) is 9.52. The van der Waals surface area contributed by atoms with Crippen LogP contribution in [0.1, 0.15) is 25.7 Å². The van der Waals surface area contributed by atoms with Crippen LogP contribution < -0.4 is 4.87 Å². The number of hydrogen-bond donors (Lipinski definition) is 0. The van der Waals surface area contributed by atoms with E-state index >= 15 is 0 Å². The van der Waals surface area contributed by atoms with Gasteiger partial charge < -0.3 is 4.57 Å². The van der Waals surface area contributed by atoms with Crippen LogP contribution in [-0.2, 0) is 6.54 Å². The predicted octanol–water partition coefficient (Wildman–Crippen LogP) is 2.71. The minimum atomic E-state index is 0.150. The smallest absolute Gasteiger partial charge is 0.306 e. The van der Waals surface area contributed by atoms with Crippen molar-refractivity contribution < 1.29 is 0 Å². The van der Waals surface area contributed by atoms with Gasteiger partial charge in [0.05, 0.1) is 0 Å². The number of halogens is 1. The van der Waals surface area contributed by atoms with E-state index in [4.69, 9.17) is 11.6 Å². The second-order valence-corrected chi connectivity index (χ2v) is 4.20. The zero-order valence-corrected chi connectivity index (χ0v) is 9.11. The van der Waals surface area contributed by atoms with Crippen molar-refractivity contribution in [2.75, 3.05) is 5.88 Å². The van der Waals surface area contributed by atoms with Gasteiger partial charge in [0.2, 0.25) is 0 Å². The standard InChI is InChI=1S/C9H14ClNOS/c10-5-3-1-2-4-6-11-7-8-13-9(11)12/h7-8H,1-6H2. The van der Waals surface area contributed by atoms with Crippen LogP contribution in [0.25, 0.3) is 0 Å². The van der Waals surface area contributed by atoms with E-state index in [-0.39, 0.29) is 4.87 Å². The Morgan fingerprint density at radius 2 is 2.08 bits per heavy atom. The molecule has 0 amide bonds. The number of aryl methyl sites for hydroxylation is 1. The molecule has 0 spiro atoms. The van der Waals surface area contributed by atoms with E-state index in [2.05, 4.69) is 0 Å². The molecular weight excluding hydrogens is 206 g/mol. The van der Waals surface area contributed by atoms with Crippen LogP contribution in [0.4, 0.5) is 0 Å². The van der Waals surface area contributed by atoms with E-state index in [1.807, 2.05) is 11.6 Å². The molecule has 1 aromatic heterocycles. The molecule has 74 valence electrons. The van der Waals surface area contributed by atoms with Crippen molar-refractivity contribution in [3.8, 4) is 0 Å². The number of unbranched alkanes of at least 4 members (excludes halogenated alkanes) is 3. The molecule has 13 heavy (non-hydrogen) atoms. The molecule has 0 saturated carbocycles. The highest BCUT2D eigenvalue weighted by molar-refractivity contribution is 7.07. The summed E-state index contributed by atoms with van der Waals surface area (Å²) in [6.07, 6.45) is 6.35. The summed E-state index contributed by atoms with van der Waals surface area (Å²) in [5.41, 5.74) is 0. The highest BCUT2D eigenvalue weighted by Crippen LogP contribution is 2.02. The van der Waals surface area contributed by atoms with Gasteiger partial charge >= 0.3 is 4.87 Å². The average Bonchev–Trinajstić information content (AvgIpc) is 2.52. The fraction of sp³-hybridized carbons (Fsp3) is 0.667. The van der Waals surface area contributed by atoms with Gasteiger partial charge in [-0.2, -0.15) is 0 Å². The molecule has 0 aliphatic rings. The number of rotatable bonds is 6. The van der Waals surface area contributed by atoms with Gasteiger partial charge in [-0.05, 0) is 12.8 Å². The van der Waals surface area contributed by atoms with E-state index in [1.165, 1.54) is 17.8 Å². The summed E-state index contributed by atoms with van der Waals surface area (Å²) >= 11 is 6.81. The SMILES string of the molecule is O=c1sccn1CCCCCCCl. The van der Waals surface area contributed by atoms with Crippen LogP contribution in [0.5, 0.6) is 0 Å². The lowest BCUT2D eigenvalue weighted by Gasteiger charge is -2.00. The number of thiazole rings is 1. The molecule has 0 radical (unpaired) electrons. The molecule has 0 aromatic carbocycles. The van der Waals surface area contributed by atoms with E-state index in [0.717, 1.165) is 31.7 Å². The summed E-state index contributed by atoms with van der Waals surface area (Å²) in [5, 5.41) is 1.83. The maximum absolute atomic E-state index is 11.1. The third-order valence-electron chi connectivity index (χ3n) is 1.93. The molecule has 0 fully saturated rings. The van der Waals surface area contributed by atoms with Crippen molar-refractivity contribution in [1.29, 1.82) is 0 Å². The second-order valence-electron chi connectivity index (χ2n) is 2.97. The van der Waals surface area contributed by atoms with Gasteiger partial charge in [0.15, 0.2) is 0 Å². The molecule has 1 aromatic rings. The predicted molar refractivity (Wildman–Crippen MR) is 57.8 cm³/mol. The Kier molecular flexibility index (Phi) is 5.16. The van der Waals surface area contributed by atoms with Crippen LogP contribution in [0.2, 0.25) is 0 Å². The summed E-state index contributed by atoms with van der Waals surface area (Å²) in [5.74, 6) is 0.748. The first kappa shape index (κ1) is 10.8. The number of hydrogen-bond acceptors (Lipinski definition) is 2. The Hall–Kier alpha value is -0.280. The molecule has 1 heterocycles. The van der Waals surface area contributed by atoms with Gasteiger partial charge in [0.1, 0.15) is 0 Å². The highest BCUT2D eigenvalue weighted by atomic mass is 35.5.